The molecule has 0 radical (unpaired) electrons. The van der Waals surface area contributed by atoms with Gasteiger partial charge in [-0.15, -0.1) is 0 Å². The molecule has 9 nitrogen and oxygen atoms in total. The quantitative estimate of drug-likeness (QED) is 0.241. The number of halogens is 1. The average Bonchev–Trinajstić information content (AvgIpc) is 3.20. The number of hydrogen-bond acceptors (Lipinski definition) is 8. The normalized spacial score (nSPS) is 14.2. The number of hydrogen-bond donors (Lipinski definition) is 1. The van der Waals surface area contributed by atoms with Crippen molar-refractivity contribution in [1.82, 2.24) is 14.5 Å². The third kappa shape index (κ3) is 5.44. The number of amides is 1. The second-order valence-corrected chi connectivity index (χ2v) is 10.2. The maximum absolute atomic E-state index is 13.6. The highest BCUT2D eigenvalue weighted by molar-refractivity contribution is 8.26. The number of thioether (sulfide) groups is 1. The van der Waals surface area contributed by atoms with E-state index >= 15 is 0 Å². The van der Waals surface area contributed by atoms with Crippen LogP contribution in [0.5, 0.6) is 11.5 Å². The van der Waals surface area contributed by atoms with Gasteiger partial charge in [-0.1, -0.05) is 42.2 Å². The zero-order valence-electron chi connectivity index (χ0n) is 20.9. The molecule has 202 valence electrons. The van der Waals surface area contributed by atoms with E-state index in [9.17, 15) is 18.8 Å². The molecule has 5 rings (SSSR count). The Morgan fingerprint density at radius 2 is 1.85 bits per heavy atom. The van der Waals surface area contributed by atoms with Crippen molar-refractivity contribution in [1.29, 1.82) is 0 Å². The van der Waals surface area contributed by atoms with Crippen molar-refractivity contribution < 1.29 is 28.6 Å². The smallest absolute Gasteiger partial charge is 0.323 e. The number of carbonyl (C=O) groups excluding carboxylic acids is 1. The van der Waals surface area contributed by atoms with Crippen LogP contribution in [-0.4, -0.2) is 49.4 Å². The number of benzene rings is 3. The van der Waals surface area contributed by atoms with Crippen molar-refractivity contribution >= 4 is 57.2 Å². The number of nitrogens with zero attached hydrogens (tertiary/aromatic N) is 3. The van der Waals surface area contributed by atoms with E-state index in [1.807, 2.05) is 0 Å². The van der Waals surface area contributed by atoms with Gasteiger partial charge >= 0.3 is 5.97 Å². The number of aliphatic carboxylic acids is 1. The molecule has 2 heterocycles. The maximum atomic E-state index is 13.6. The standard InChI is InChI=1S/C28H20FN3O6S2/c1-37-22-12-16(13-23-27(36)31(14-25(33)34)28(39)40-23)6-11-21(22)38-15-24-30-20-5-3-2-4-19(20)26(35)32(24)18-9-7-17(29)8-10-18/h2-13H,14-15H2,1H3,(H,33,34)/b23-13+. The van der Waals surface area contributed by atoms with Crippen molar-refractivity contribution in [2.75, 3.05) is 13.7 Å². The number of ether oxygens (including phenoxy) is 2. The molecule has 0 atom stereocenters. The summed E-state index contributed by atoms with van der Waals surface area (Å²) in [5, 5.41) is 9.43. The number of aromatic nitrogens is 2. The zero-order chi connectivity index (χ0) is 28.4. The minimum atomic E-state index is -1.16. The van der Waals surface area contributed by atoms with Crippen molar-refractivity contribution in [2.45, 2.75) is 6.61 Å². The fourth-order valence-electron chi connectivity index (χ4n) is 4.09. The van der Waals surface area contributed by atoms with E-state index < -0.39 is 24.2 Å². The van der Waals surface area contributed by atoms with E-state index in [-0.39, 0.29) is 21.4 Å². The van der Waals surface area contributed by atoms with Gasteiger partial charge in [0.05, 0.1) is 28.6 Å². The maximum Gasteiger partial charge on any atom is 0.323 e. The predicted octanol–water partition coefficient (Wildman–Crippen LogP) is 4.40. The lowest BCUT2D eigenvalue weighted by Gasteiger charge is -2.16. The fraction of sp³-hybridized carbons (Fsp3) is 0.107. The van der Waals surface area contributed by atoms with Crippen LogP contribution in [0.15, 0.2) is 76.4 Å². The lowest BCUT2D eigenvalue weighted by atomic mass is 10.2. The number of carboxylic acid groups (broad SMARTS) is 1. The van der Waals surface area contributed by atoms with Crippen molar-refractivity contribution in [3.8, 4) is 17.2 Å². The predicted molar refractivity (Wildman–Crippen MR) is 152 cm³/mol. The van der Waals surface area contributed by atoms with Crippen LogP contribution in [0.3, 0.4) is 0 Å². The Morgan fingerprint density at radius 3 is 2.58 bits per heavy atom. The highest BCUT2D eigenvalue weighted by atomic mass is 32.2. The Hall–Kier alpha value is -4.55. The van der Waals surface area contributed by atoms with Gasteiger partial charge in [-0.3, -0.25) is 23.9 Å². The summed E-state index contributed by atoms with van der Waals surface area (Å²) in [4.78, 5) is 43.0. The van der Waals surface area contributed by atoms with Gasteiger partial charge in [-0.05, 0) is 60.2 Å². The molecule has 1 aromatic heterocycles. The number of rotatable bonds is 8. The molecule has 1 N–H and O–H groups in total. The highest BCUT2D eigenvalue weighted by Crippen LogP contribution is 2.35. The van der Waals surface area contributed by atoms with Gasteiger partial charge in [0.1, 0.15) is 23.3 Å². The van der Waals surface area contributed by atoms with Gasteiger partial charge in [0.25, 0.3) is 11.5 Å². The number of fused-ring (bicyclic) bond motifs is 1. The first-order chi connectivity index (χ1) is 19.2. The number of methoxy groups -OCH3 is 1. The fourth-order valence-corrected chi connectivity index (χ4v) is 5.35. The van der Waals surface area contributed by atoms with E-state index in [0.717, 1.165) is 16.7 Å². The van der Waals surface area contributed by atoms with E-state index in [0.29, 0.717) is 39.5 Å². The van der Waals surface area contributed by atoms with E-state index in [1.54, 1.807) is 48.5 Å². The molecule has 1 amide bonds. The van der Waals surface area contributed by atoms with Gasteiger partial charge in [0.2, 0.25) is 0 Å². The molecule has 0 spiro atoms. The lowest BCUT2D eigenvalue weighted by molar-refractivity contribution is -0.140. The molecule has 0 unspecified atom stereocenters. The second-order valence-electron chi connectivity index (χ2n) is 8.52. The van der Waals surface area contributed by atoms with Crippen LogP contribution in [0.25, 0.3) is 22.7 Å². The molecule has 1 aliphatic rings. The largest absolute Gasteiger partial charge is 0.493 e. The topological polar surface area (TPSA) is 111 Å². The zero-order valence-corrected chi connectivity index (χ0v) is 22.5. The Kier molecular flexibility index (Phi) is 7.63. The molecule has 0 bridgehead atoms. The van der Waals surface area contributed by atoms with Gasteiger partial charge in [0.15, 0.2) is 17.3 Å². The third-order valence-corrected chi connectivity index (χ3v) is 7.32. The summed E-state index contributed by atoms with van der Waals surface area (Å²) >= 11 is 6.16. The Balaban J connectivity index is 1.44. The lowest BCUT2D eigenvalue weighted by Crippen LogP contribution is -2.33. The SMILES string of the molecule is COc1cc(/C=C2/SC(=S)N(CC(=O)O)C2=O)ccc1OCc1nc2ccccc2c(=O)n1-c1ccc(F)cc1. The second kappa shape index (κ2) is 11.3. The molecule has 1 saturated heterocycles. The monoisotopic (exact) mass is 577 g/mol. The summed E-state index contributed by atoms with van der Waals surface area (Å²) in [6.07, 6.45) is 1.59. The Morgan fingerprint density at radius 1 is 1.10 bits per heavy atom. The molecule has 0 aliphatic carbocycles. The molecular weight excluding hydrogens is 557 g/mol. The van der Waals surface area contributed by atoms with Gasteiger partial charge in [-0.25, -0.2) is 9.37 Å². The van der Waals surface area contributed by atoms with Gasteiger partial charge in [0, 0.05) is 0 Å². The molecule has 1 aliphatic heterocycles. The average molecular weight is 578 g/mol. The van der Waals surface area contributed by atoms with Crippen LogP contribution in [0.1, 0.15) is 11.4 Å². The number of thiocarbonyl (C=S) groups is 1. The number of carboxylic acids is 1. The van der Waals surface area contributed by atoms with Crippen LogP contribution in [-0.2, 0) is 16.2 Å². The van der Waals surface area contributed by atoms with Crippen LogP contribution in [0.4, 0.5) is 4.39 Å². The summed E-state index contributed by atoms with van der Waals surface area (Å²) < 4.78 is 26.6. The molecular formula is C28H20FN3O6S2. The van der Waals surface area contributed by atoms with Gasteiger partial charge in [-0.2, -0.15) is 0 Å². The van der Waals surface area contributed by atoms with Crippen LogP contribution in [0, 0.1) is 5.82 Å². The van der Waals surface area contributed by atoms with Crippen LogP contribution < -0.4 is 15.0 Å². The van der Waals surface area contributed by atoms with Crippen LogP contribution >= 0.6 is 24.0 Å². The minimum absolute atomic E-state index is 0.110. The Labute approximate surface area is 236 Å². The summed E-state index contributed by atoms with van der Waals surface area (Å²) in [5.41, 5.74) is 1.21. The highest BCUT2D eigenvalue weighted by Gasteiger charge is 2.33. The van der Waals surface area contributed by atoms with Crippen molar-refractivity contribution in [2.24, 2.45) is 0 Å². The number of para-hydroxylation sites is 1. The molecule has 4 aromatic rings. The summed E-state index contributed by atoms with van der Waals surface area (Å²) in [7, 11) is 1.46. The first kappa shape index (κ1) is 27.0. The van der Waals surface area contributed by atoms with E-state index in [4.69, 9.17) is 26.8 Å². The molecule has 40 heavy (non-hydrogen) atoms. The molecule has 12 heteroatoms. The van der Waals surface area contributed by atoms with E-state index in [1.165, 1.54) is 35.9 Å². The van der Waals surface area contributed by atoms with Crippen LogP contribution in [0.2, 0.25) is 0 Å². The molecule has 3 aromatic carbocycles. The Bertz CT molecular complexity index is 1750. The third-order valence-electron chi connectivity index (χ3n) is 5.94. The first-order valence-corrected chi connectivity index (χ1v) is 13.0. The minimum Gasteiger partial charge on any atom is -0.493 e. The number of carbonyl (C=O) groups is 2. The summed E-state index contributed by atoms with van der Waals surface area (Å²) in [6.45, 7) is -0.620. The van der Waals surface area contributed by atoms with E-state index in [2.05, 4.69) is 4.98 Å². The first-order valence-electron chi connectivity index (χ1n) is 11.8. The molecule has 1 fully saturated rings. The van der Waals surface area contributed by atoms with Crippen molar-refractivity contribution in [3.05, 3.63) is 99.2 Å². The summed E-state index contributed by atoms with van der Waals surface area (Å²) in [5.74, 6) is -1.08. The molecule has 0 saturated carbocycles. The van der Waals surface area contributed by atoms with Crippen molar-refractivity contribution in [3.63, 3.8) is 0 Å². The van der Waals surface area contributed by atoms with Gasteiger partial charge < -0.3 is 14.6 Å². The summed E-state index contributed by atoms with van der Waals surface area (Å²) in [6, 6.07) is 17.4.